The van der Waals surface area contributed by atoms with Crippen molar-refractivity contribution in [2.75, 3.05) is 7.05 Å². The molecule has 0 aliphatic heterocycles. The van der Waals surface area contributed by atoms with Gasteiger partial charge in [-0.2, -0.15) is 0 Å². The monoisotopic (exact) mass is 258 g/mol. The topological polar surface area (TPSA) is 52.0 Å². The van der Waals surface area contributed by atoms with Gasteiger partial charge >= 0.3 is 0 Å². The minimum Gasteiger partial charge on any atom is -0.485 e. The van der Waals surface area contributed by atoms with Crippen molar-refractivity contribution in [2.24, 2.45) is 7.05 Å². The number of hydrogen-bond acceptors (Lipinski definition) is 4. The van der Waals surface area contributed by atoms with E-state index in [9.17, 15) is 0 Å². The summed E-state index contributed by atoms with van der Waals surface area (Å²) in [6.07, 6.45) is 3.89. The van der Waals surface area contributed by atoms with E-state index in [2.05, 4.69) is 27.6 Å². The Bertz CT molecular complexity index is 579. The van der Waals surface area contributed by atoms with E-state index in [4.69, 9.17) is 4.74 Å². The van der Waals surface area contributed by atoms with E-state index >= 15 is 0 Å². The summed E-state index contributed by atoms with van der Waals surface area (Å²) >= 11 is 0. The van der Waals surface area contributed by atoms with Crippen LogP contribution in [0.4, 0.5) is 0 Å². The van der Waals surface area contributed by atoms with Gasteiger partial charge in [-0.3, -0.25) is 0 Å². The van der Waals surface area contributed by atoms with Crippen molar-refractivity contribution in [3.05, 3.63) is 41.5 Å². The lowest BCUT2D eigenvalue weighted by Crippen LogP contribution is -2.12. The SMILES string of the molecule is CNC1CCc2c(OCc3nncn3C)cccc21. The number of fused-ring (bicyclic) bond motifs is 1. The number of aromatic nitrogens is 3. The Balaban J connectivity index is 1.79. The highest BCUT2D eigenvalue weighted by molar-refractivity contribution is 5.45. The molecule has 0 saturated carbocycles. The molecule has 5 heteroatoms. The molecule has 5 nitrogen and oxygen atoms in total. The van der Waals surface area contributed by atoms with E-state index in [1.54, 1.807) is 6.33 Å². The van der Waals surface area contributed by atoms with Gasteiger partial charge in [-0.05, 0) is 37.1 Å². The molecule has 3 rings (SSSR count). The summed E-state index contributed by atoms with van der Waals surface area (Å²) in [6.45, 7) is 0.456. The zero-order valence-electron chi connectivity index (χ0n) is 11.3. The second-order valence-electron chi connectivity index (χ2n) is 4.85. The van der Waals surface area contributed by atoms with Crippen molar-refractivity contribution in [2.45, 2.75) is 25.5 Å². The molecule has 0 bridgehead atoms. The number of nitrogens with one attached hydrogen (secondary N) is 1. The van der Waals surface area contributed by atoms with Crippen LogP contribution in [0.1, 0.15) is 29.4 Å². The first kappa shape index (κ1) is 12.2. The molecule has 0 spiro atoms. The molecule has 0 radical (unpaired) electrons. The van der Waals surface area contributed by atoms with Gasteiger partial charge in [0.25, 0.3) is 0 Å². The van der Waals surface area contributed by atoms with Crippen LogP contribution in [0.5, 0.6) is 5.75 Å². The van der Waals surface area contributed by atoms with Crippen LogP contribution in [0.2, 0.25) is 0 Å². The molecule has 1 aliphatic carbocycles. The number of aryl methyl sites for hydroxylation is 1. The predicted molar refractivity (Wildman–Crippen MR) is 71.9 cm³/mol. The molecule has 2 aromatic rings. The maximum Gasteiger partial charge on any atom is 0.170 e. The zero-order valence-corrected chi connectivity index (χ0v) is 11.3. The molecule has 0 saturated heterocycles. The van der Waals surface area contributed by atoms with Gasteiger partial charge in [0.05, 0.1) is 0 Å². The van der Waals surface area contributed by atoms with Crippen LogP contribution in [0, 0.1) is 0 Å². The van der Waals surface area contributed by atoms with Crippen molar-refractivity contribution in [3.8, 4) is 5.75 Å². The Kier molecular flexibility index (Phi) is 3.21. The van der Waals surface area contributed by atoms with Crippen LogP contribution < -0.4 is 10.1 Å². The molecular weight excluding hydrogens is 240 g/mol. The van der Waals surface area contributed by atoms with Crippen LogP contribution in [-0.2, 0) is 20.1 Å². The summed E-state index contributed by atoms with van der Waals surface area (Å²) in [7, 11) is 3.93. The first-order chi connectivity index (χ1) is 9.29. The second-order valence-corrected chi connectivity index (χ2v) is 4.85. The standard InChI is InChI=1S/C14H18N4O/c1-15-12-7-6-11-10(12)4-3-5-13(11)19-8-14-17-16-9-18(14)2/h3-5,9,12,15H,6-8H2,1-2H3. The van der Waals surface area contributed by atoms with Crippen LogP contribution in [-0.4, -0.2) is 21.8 Å². The zero-order chi connectivity index (χ0) is 13.2. The lowest BCUT2D eigenvalue weighted by Gasteiger charge is -2.12. The molecule has 1 N–H and O–H groups in total. The quantitative estimate of drug-likeness (QED) is 0.905. The van der Waals surface area contributed by atoms with Gasteiger partial charge in [-0.25, -0.2) is 0 Å². The van der Waals surface area contributed by atoms with E-state index < -0.39 is 0 Å². The van der Waals surface area contributed by atoms with Crippen LogP contribution >= 0.6 is 0 Å². The smallest absolute Gasteiger partial charge is 0.170 e. The molecule has 1 aliphatic rings. The molecule has 1 aromatic heterocycles. The Hall–Kier alpha value is -1.88. The van der Waals surface area contributed by atoms with Gasteiger partial charge < -0.3 is 14.6 Å². The molecule has 1 unspecified atom stereocenters. The lowest BCUT2D eigenvalue weighted by atomic mass is 10.1. The molecule has 1 atom stereocenters. The summed E-state index contributed by atoms with van der Waals surface area (Å²) in [5, 5.41) is 11.2. The first-order valence-electron chi connectivity index (χ1n) is 6.54. The van der Waals surface area contributed by atoms with Gasteiger partial charge in [-0.1, -0.05) is 12.1 Å². The average molecular weight is 258 g/mol. The number of benzene rings is 1. The van der Waals surface area contributed by atoms with Gasteiger partial charge in [-0.15, -0.1) is 10.2 Å². The highest BCUT2D eigenvalue weighted by atomic mass is 16.5. The molecule has 1 aromatic carbocycles. The second kappa shape index (κ2) is 5.01. The summed E-state index contributed by atoms with van der Waals surface area (Å²) in [4.78, 5) is 0. The van der Waals surface area contributed by atoms with E-state index in [1.807, 2.05) is 24.7 Å². The minimum absolute atomic E-state index is 0.452. The van der Waals surface area contributed by atoms with Crippen LogP contribution in [0.15, 0.2) is 24.5 Å². The minimum atomic E-state index is 0.452. The van der Waals surface area contributed by atoms with Crippen molar-refractivity contribution >= 4 is 0 Å². The highest BCUT2D eigenvalue weighted by Crippen LogP contribution is 2.36. The molecular formula is C14H18N4O. The maximum absolute atomic E-state index is 5.92. The van der Waals surface area contributed by atoms with Crippen molar-refractivity contribution in [3.63, 3.8) is 0 Å². The van der Waals surface area contributed by atoms with E-state index in [0.29, 0.717) is 12.6 Å². The predicted octanol–water partition coefficient (Wildman–Crippen LogP) is 1.60. The number of rotatable bonds is 4. The fourth-order valence-corrected chi connectivity index (χ4v) is 2.64. The lowest BCUT2D eigenvalue weighted by molar-refractivity contribution is 0.288. The van der Waals surface area contributed by atoms with Gasteiger partial charge in [0.15, 0.2) is 5.82 Å². The van der Waals surface area contributed by atoms with Gasteiger partial charge in [0.1, 0.15) is 18.7 Å². The summed E-state index contributed by atoms with van der Waals surface area (Å²) in [5.41, 5.74) is 2.68. The van der Waals surface area contributed by atoms with Gasteiger partial charge in [0.2, 0.25) is 0 Å². The number of nitrogens with zero attached hydrogens (tertiary/aromatic N) is 3. The summed E-state index contributed by atoms with van der Waals surface area (Å²) < 4.78 is 7.79. The van der Waals surface area contributed by atoms with E-state index in [1.165, 1.54) is 11.1 Å². The molecule has 0 fully saturated rings. The normalized spacial score (nSPS) is 17.5. The fourth-order valence-electron chi connectivity index (χ4n) is 2.64. The molecule has 100 valence electrons. The van der Waals surface area contributed by atoms with E-state index in [-0.39, 0.29) is 0 Å². The molecule has 0 amide bonds. The Labute approximate surface area is 112 Å². The highest BCUT2D eigenvalue weighted by Gasteiger charge is 2.23. The van der Waals surface area contributed by atoms with Crippen molar-refractivity contribution in [1.29, 1.82) is 0 Å². The summed E-state index contributed by atoms with van der Waals surface area (Å²) in [6, 6.07) is 6.72. The fraction of sp³-hybridized carbons (Fsp3) is 0.429. The largest absolute Gasteiger partial charge is 0.485 e. The maximum atomic E-state index is 5.92. The third-order valence-corrected chi connectivity index (χ3v) is 3.74. The van der Waals surface area contributed by atoms with Crippen molar-refractivity contribution in [1.82, 2.24) is 20.1 Å². The molecule has 1 heterocycles. The third-order valence-electron chi connectivity index (χ3n) is 3.74. The van der Waals surface area contributed by atoms with Crippen LogP contribution in [0.3, 0.4) is 0 Å². The molecule has 19 heavy (non-hydrogen) atoms. The number of hydrogen-bond donors (Lipinski definition) is 1. The Morgan fingerprint density at radius 2 is 2.37 bits per heavy atom. The number of ether oxygens (including phenoxy) is 1. The first-order valence-corrected chi connectivity index (χ1v) is 6.54. The van der Waals surface area contributed by atoms with Crippen molar-refractivity contribution < 1.29 is 4.74 Å². The Morgan fingerprint density at radius 1 is 1.47 bits per heavy atom. The van der Waals surface area contributed by atoms with E-state index in [0.717, 1.165) is 24.4 Å². The average Bonchev–Trinajstić information content (AvgIpc) is 3.02. The summed E-state index contributed by atoms with van der Waals surface area (Å²) in [5.74, 6) is 1.80. The Morgan fingerprint density at radius 3 is 3.11 bits per heavy atom. The third kappa shape index (κ3) is 2.21. The van der Waals surface area contributed by atoms with Crippen LogP contribution in [0.25, 0.3) is 0 Å². The van der Waals surface area contributed by atoms with Gasteiger partial charge in [0, 0.05) is 13.1 Å².